The average molecular weight is 168 g/mol. The van der Waals surface area contributed by atoms with Crippen LogP contribution in [0, 0.1) is 0 Å². The molecule has 2 heteroatoms. The maximum absolute atomic E-state index is 11.7. The van der Waals surface area contributed by atoms with Crippen LogP contribution in [0.25, 0.3) is 0 Å². The summed E-state index contributed by atoms with van der Waals surface area (Å²) in [6, 6.07) is 9.58. The lowest BCUT2D eigenvalue weighted by Gasteiger charge is -2.03. The zero-order chi connectivity index (χ0) is 8.65. The van der Waals surface area contributed by atoms with Crippen molar-refractivity contribution in [2.45, 2.75) is 12.8 Å². The Morgan fingerprint density at radius 2 is 1.83 bits per heavy atom. The summed E-state index contributed by atoms with van der Waals surface area (Å²) < 4.78 is 17.0. The lowest BCUT2D eigenvalue weighted by atomic mass is 10.3. The monoisotopic (exact) mass is 168 g/mol. The fraction of sp³-hybridized carbons (Fsp3) is 0.400. The van der Waals surface area contributed by atoms with E-state index in [2.05, 4.69) is 0 Å². The Balaban J connectivity index is 2.16. The van der Waals surface area contributed by atoms with Crippen molar-refractivity contribution in [3.05, 3.63) is 30.3 Å². The van der Waals surface area contributed by atoms with Crippen molar-refractivity contribution in [3.63, 3.8) is 0 Å². The number of hydrogen-bond donors (Lipinski definition) is 0. The van der Waals surface area contributed by atoms with E-state index in [4.69, 9.17) is 4.74 Å². The minimum atomic E-state index is -0.252. The van der Waals surface area contributed by atoms with Gasteiger partial charge in [0.2, 0.25) is 0 Å². The first kappa shape index (κ1) is 9.04. The summed E-state index contributed by atoms with van der Waals surface area (Å²) in [6.07, 6.45) is 1.37. The summed E-state index contributed by atoms with van der Waals surface area (Å²) in [5, 5.41) is 0. The molecule has 0 amide bonds. The molecule has 0 bridgehead atoms. The number of benzene rings is 1. The van der Waals surface area contributed by atoms with Gasteiger partial charge in [0.25, 0.3) is 0 Å². The van der Waals surface area contributed by atoms with Gasteiger partial charge < -0.3 is 4.74 Å². The van der Waals surface area contributed by atoms with Gasteiger partial charge in [0.15, 0.2) is 0 Å². The number of ether oxygens (including phenoxy) is 1. The Labute approximate surface area is 72.2 Å². The molecule has 0 fully saturated rings. The largest absolute Gasteiger partial charge is 0.494 e. The zero-order valence-electron chi connectivity index (χ0n) is 7.00. The van der Waals surface area contributed by atoms with Crippen LogP contribution < -0.4 is 4.74 Å². The second kappa shape index (κ2) is 5.58. The number of unbranched alkanes of at least 4 members (excludes halogenated alkanes) is 1. The minimum absolute atomic E-state index is 0.252. The number of halogens is 1. The highest BCUT2D eigenvalue weighted by Gasteiger charge is 1.90. The van der Waals surface area contributed by atoms with Crippen molar-refractivity contribution in [2.75, 3.05) is 13.3 Å². The van der Waals surface area contributed by atoms with Crippen LogP contribution in [-0.4, -0.2) is 13.3 Å². The van der Waals surface area contributed by atoms with Gasteiger partial charge in [-0.2, -0.15) is 0 Å². The maximum atomic E-state index is 11.7. The van der Waals surface area contributed by atoms with E-state index < -0.39 is 0 Å². The van der Waals surface area contributed by atoms with Gasteiger partial charge in [-0.05, 0) is 25.0 Å². The topological polar surface area (TPSA) is 9.23 Å². The predicted octanol–water partition coefficient (Wildman–Crippen LogP) is 2.82. The first-order valence-corrected chi connectivity index (χ1v) is 4.17. The van der Waals surface area contributed by atoms with Crippen LogP contribution in [0.2, 0.25) is 0 Å². The standard InChI is InChI=1S/C10H13FO/c11-8-4-5-9-12-10-6-2-1-3-7-10/h1-3,6-7H,4-5,8-9H2. The molecule has 1 aromatic carbocycles. The van der Waals surface area contributed by atoms with Crippen LogP contribution in [0.5, 0.6) is 5.75 Å². The predicted molar refractivity (Wildman–Crippen MR) is 47.1 cm³/mol. The number of hydrogen-bond acceptors (Lipinski definition) is 1. The number of para-hydroxylation sites is 1. The van der Waals surface area contributed by atoms with Gasteiger partial charge in [0, 0.05) is 0 Å². The van der Waals surface area contributed by atoms with E-state index >= 15 is 0 Å². The highest BCUT2D eigenvalue weighted by Crippen LogP contribution is 2.08. The minimum Gasteiger partial charge on any atom is -0.494 e. The molecule has 0 saturated carbocycles. The molecule has 66 valence electrons. The lowest BCUT2D eigenvalue weighted by molar-refractivity contribution is 0.297. The third-order valence-electron chi connectivity index (χ3n) is 1.54. The molecule has 0 aromatic heterocycles. The van der Waals surface area contributed by atoms with E-state index in [0.717, 1.165) is 12.2 Å². The molecule has 12 heavy (non-hydrogen) atoms. The molecule has 0 aliphatic carbocycles. The summed E-state index contributed by atoms with van der Waals surface area (Å²) in [6.45, 7) is 0.353. The average Bonchev–Trinajstić information content (AvgIpc) is 2.14. The third-order valence-corrected chi connectivity index (χ3v) is 1.54. The first-order valence-electron chi connectivity index (χ1n) is 4.17. The molecule has 0 aliphatic rings. The molecule has 0 radical (unpaired) electrons. The Bertz CT molecular complexity index is 198. The molecular weight excluding hydrogens is 155 g/mol. The molecular formula is C10H13FO. The van der Waals surface area contributed by atoms with Crippen LogP contribution in [0.1, 0.15) is 12.8 Å². The van der Waals surface area contributed by atoms with E-state index in [1.54, 1.807) is 0 Å². The van der Waals surface area contributed by atoms with Gasteiger partial charge in [-0.25, -0.2) is 0 Å². The van der Waals surface area contributed by atoms with Crippen molar-refractivity contribution < 1.29 is 9.13 Å². The van der Waals surface area contributed by atoms with Crippen LogP contribution in [0.15, 0.2) is 30.3 Å². The van der Waals surface area contributed by atoms with Gasteiger partial charge >= 0.3 is 0 Å². The molecule has 0 heterocycles. The van der Waals surface area contributed by atoms with Crippen LogP contribution in [0.3, 0.4) is 0 Å². The molecule has 1 aromatic rings. The fourth-order valence-corrected chi connectivity index (χ4v) is 0.903. The van der Waals surface area contributed by atoms with Crippen molar-refractivity contribution in [2.24, 2.45) is 0 Å². The molecule has 0 unspecified atom stereocenters. The molecule has 1 rings (SSSR count). The van der Waals surface area contributed by atoms with Crippen LogP contribution in [0.4, 0.5) is 4.39 Å². The molecule has 0 N–H and O–H groups in total. The zero-order valence-corrected chi connectivity index (χ0v) is 7.00. The van der Waals surface area contributed by atoms with Crippen molar-refractivity contribution in [1.82, 2.24) is 0 Å². The summed E-state index contributed by atoms with van der Waals surface area (Å²) >= 11 is 0. The van der Waals surface area contributed by atoms with E-state index in [0.29, 0.717) is 13.0 Å². The van der Waals surface area contributed by atoms with E-state index in [9.17, 15) is 4.39 Å². The SMILES string of the molecule is FCCCCOc1ccccc1. The normalized spacial score (nSPS) is 9.75. The highest BCUT2D eigenvalue weighted by atomic mass is 19.1. The summed E-state index contributed by atoms with van der Waals surface area (Å²) in [7, 11) is 0. The van der Waals surface area contributed by atoms with Gasteiger partial charge in [-0.1, -0.05) is 18.2 Å². The summed E-state index contributed by atoms with van der Waals surface area (Å²) in [5.74, 6) is 0.858. The number of rotatable bonds is 5. The second-order valence-corrected chi connectivity index (χ2v) is 2.56. The number of alkyl halides is 1. The second-order valence-electron chi connectivity index (χ2n) is 2.56. The summed E-state index contributed by atoms with van der Waals surface area (Å²) in [4.78, 5) is 0. The molecule has 0 atom stereocenters. The Morgan fingerprint density at radius 3 is 2.50 bits per heavy atom. The van der Waals surface area contributed by atoms with E-state index in [1.165, 1.54) is 0 Å². The van der Waals surface area contributed by atoms with Gasteiger partial charge in [-0.3, -0.25) is 4.39 Å². The van der Waals surface area contributed by atoms with E-state index in [-0.39, 0.29) is 6.67 Å². The molecule has 0 aliphatic heterocycles. The van der Waals surface area contributed by atoms with Crippen molar-refractivity contribution in [1.29, 1.82) is 0 Å². The molecule has 0 spiro atoms. The van der Waals surface area contributed by atoms with Gasteiger partial charge in [0.05, 0.1) is 13.3 Å². The first-order chi connectivity index (χ1) is 5.93. The quantitative estimate of drug-likeness (QED) is 0.614. The lowest BCUT2D eigenvalue weighted by Crippen LogP contribution is -1.97. The maximum Gasteiger partial charge on any atom is 0.119 e. The summed E-state index contributed by atoms with van der Waals surface area (Å²) in [5.41, 5.74) is 0. The van der Waals surface area contributed by atoms with Crippen LogP contribution >= 0.6 is 0 Å². The van der Waals surface area contributed by atoms with Gasteiger partial charge in [-0.15, -0.1) is 0 Å². The van der Waals surface area contributed by atoms with E-state index in [1.807, 2.05) is 30.3 Å². The molecule has 1 nitrogen and oxygen atoms in total. The third kappa shape index (κ3) is 3.37. The highest BCUT2D eigenvalue weighted by molar-refractivity contribution is 5.20. The smallest absolute Gasteiger partial charge is 0.119 e. The van der Waals surface area contributed by atoms with Crippen molar-refractivity contribution in [3.8, 4) is 5.75 Å². The Hall–Kier alpha value is -1.05. The Kier molecular flexibility index (Phi) is 4.21. The van der Waals surface area contributed by atoms with Gasteiger partial charge in [0.1, 0.15) is 5.75 Å². The van der Waals surface area contributed by atoms with Crippen LogP contribution in [-0.2, 0) is 0 Å². The Morgan fingerprint density at radius 1 is 1.08 bits per heavy atom. The van der Waals surface area contributed by atoms with Crippen molar-refractivity contribution >= 4 is 0 Å². The molecule has 0 saturated heterocycles. The fourth-order valence-electron chi connectivity index (χ4n) is 0.903.